The van der Waals surface area contributed by atoms with Gasteiger partial charge in [0, 0.05) is 18.0 Å². The normalized spacial score (nSPS) is 10.6. The van der Waals surface area contributed by atoms with Crippen LogP contribution in [0.5, 0.6) is 5.75 Å². The Morgan fingerprint density at radius 1 is 1.06 bits per heavy atom. The standard InChI is InChI=1S/C23H24N2O5S/c1-5-29-23(28)19-17-10-9-14(3)20(21(17)31-22(19)24-15(4)26)30-12-18(27)25-16-8-6-7-13(2)11-16/h6-11H,5,12H2,1-4H3,(H,24,26)(H,25,27). The van der Waals surface area contributed by atoms with Crippen molar-refractivity contribution in [2.45, 2.75) is 27.7 Å². The number of carbonyl (C=O) groups is 3. The lowest BCUT2D eigenvalue weighted by Crippen LogP contribution is -2.20. The lowest BCUT2D eigenvalue weighted by atomic mass is 10.1. The van der Waals surface area contributed by atoms with Crippen LogP contribution in [0.4, 0.5) is 10.7 Å². The molecule has 0 aliphatic heterocycles. The summed E-state index contributed by atoms with van der Waals surface area (Å²) in [5.74, 6) is -0.631. The van der Waals surface area contributed by atoms with E-state index in [4.69, 9.17) is 9.47 Å². The Hall–Kier alpha value is -3.39. The summed E-state index contributed by atoms with van der Waals surface area (Å²) in [6.07, 6.45) is 0. The van der Waals surface area contributed by atoms with Gasteiger partial charge in [0.05, 0.1) is 11.3 Å². The van der Waals surface area contributed by atoms with E-state index in [2.05, 4.69) is 10.6 Å². The summed E-state index contributed by atoms with van der Waals surface area (Å²) in [6.45, 7) is 6.91. The van der Waals surface area contributed by atoms with Crippen LogP contribution in [0.1, 0.15) is 35.3 Å². The number of hydrogen-bond acceptors (Lipinski definition) is 6. The molecule has 0 bridgehead atoms. The van der Waals surface area contributed by atoms with Gasteiger partial charge in [-0.15, -0.1) is 11.3 Å². The number of ether oxygens (including phenoxy) is 2. The summed E-state index contributed by atoms with van der Waals surface area (Å²) in [7, 11) is 0. The van der Waals surface area contributed by atoms with Crippen molar-refractivity contribution in [3.8, 4) is 5.75 Å². The molecule has 0 saturated heterocycles. The van der Waals surface area contributed by atoms with Crippen molar-refractivity contribution in [1.82, 2.24) is 0 Å². The number of benzene rings is 2. The first-order chi connectivity index (χ1) is 14.8. The Morgan fingerprint density at radius 2 is 1.84 bits per heavy atom. The van der Waals surface area contributed by atoms with Gasteiger partial charge in [-0.25, -0.2) is 4.79 Å². The molecule has 0 spiro atoms. The van der Waals surface area contributed by atoms with E-state index < -0.39 is 5.97 Å². The molecule has 0 fully saturated rings. The molecule has 0 unspecified atom stereocenters. The number of fused-ring (bicyclic) bond motifs is 1. The van der Waals surface area contributed by atoms with Crippen LogP contribution >= 0.6 is 11.3 Å². The molecule has 0 radical (unpaired) electrons. The third kappa shape index (κ3) is 5.21. The number of carbonyl (C=O) groups excluding carboxylic acids is 3. The van der Waals surface area contributed by atoms with Crippen molar-refractivity contribution in [3.63, 3.8) is 0 Å². The van der Waals surface area contributed by atoms with E-state index in [1.54, 1.807) is 13.0 Å². The number of thiophene rings is 1. The summed E-state index contributed by atoms with van der Waals surface area (Å²) in [5, 5.41) is 6.50. The van der Waals surface area contributed by atoms with Gasteiger partial charge >= 0.3 is 5.97 Å². The fraction of sp³-hybridized carbons (Fsp3) is 0.261. The highest BCUT2D eigenvalue weighted by Gasteiger charge is 2.24. The van der Waals surface area contributed by atoms with E-state index >= 15 is 0 Å². The van der Waals surface area contributed by atoms with E-state index in [0.29, 0.717) is 26.5 Å². The van der Waals surface area contributed by atoms with Crippen molar-refractivity contribution in [3.05, 3.63) is 53.1 Å². The topological polar surface area (TPSA) is 93.7 Å². The van der Waals surface area contributed by atoms with Crippen molar-refractivity contribution < 1.29 is 23.9 Å². The van der Waals surface area contributed by atoms with Gasteiger partial charge in [-0.2, -0.15) is 0 Å². The molecule has 1 heterocycles. The van der Waals surface area contributed by atoms with Crippen LogP contribution in [0.2, 0.25) is 0 Å². The largest absolute Gasteiger partial charge is 0.482 e. The highest BCUT2D eigenvalue weighted by atomic mass is 32.1. The zero-order valence-corrected chi connectivity index (χ0v) is 18.6. The molecule has 2 amide bonds. The van der Waals surface area contributed by atoms with Gasteiger partial charge in [0.1, 0.15) is 16.3 Å². The van der Waals surface area contributed by atoms with Crippen molar-refractivity contribution in [2.75, 3.05) is 23.8 Å². The predicted molar refractivity (Wildman–Crippen MR) is 122 cm³/mol. The van der Waals surface area contributed by atoms with E-state index in [1.807, 2.05) is 44.2 Å². The summed E-state index contributed by atoms with van der Waals surface area (Å²) >= 11 is 1.22. The van der Waals surface area contributed by atoms with E-state index in [0.717, 1.165) is 11.1 Å². The molecule has 2 N–H and O–H groups in total. The average Bonchev–Trinajstić information content (AvgIpc) is 3.04. The van der Waals surface area contributed by atoms with Crippen LogP contribution in [0, 0.1) is 13.8 Å². The highest BCUT2D eigenvalue weighted by molar-refractivity contribution is 7.24. The molecule has 2 aromatic carbocycles. The minimum Gasteiger partial charge on any atom is -0.482 e. The van der Waals surface area contributed by atoms with Gasteiger partial charge in [-0.1, -0.05) is 24.3 Å². The summed E-state index contributed by atoms with van der Waals surface area (Å²) in [6, 6.07) is 11.1. The zero-order valence-electron chi connectivity index (χ0n) is 17.8. The molecule has 7 nitrogen and oxygen atoms in total. The van der Waals surface area contributed by atoms with Crippen LogP contribution in [0.15, 0.2) is 36.4 Å². The third-order valence-electron chi connectivity index (χ3n) is 4.43. The molecular formula is C23H24N2O5S. The highest BCUT2D eigenvalue weighted by Crippen LogP contribution is 2.42. The lowest BCUT2D eigenvalue weighted by molar-refractivity contribution is -0.118. The van der Waals surface area contributed by atoms with Gasteiger partial charge in [-0.3, -0.25) is 9.59 Å². The van der Waals surface area contributed by atoms with Crippen LogP contribution in [-0.2, 0) is 14.3 Å². The minimum atomic E-state index is -0.524. The monoisotopic (exact) mass is 440 g/mol. The second-order valence-electron chi connectivity index (χ2n) is 7.00. The molecule has 3 rings (SSSR count). The number of esters is 1. The quantitative estimate of drug-likeness (QED) is 0.521. The van der Waals surface area contributed by atoms with Crippen molar-refractivity contribution in [2.24, 2.45) is 0 Å². The minimum absolute atomic E-state index is 0.198. The molecule has 31 heavy (non-hydrogen) atoms. The zero-order chi connectivity index (χ0) is 22.5. The first-order valence-corrected chi connectivity index (χ1v) is 10.6. The molecule has 162 valence electrons. The molecule has 0 aliphatic rings. The third-order valence-corrected chi connectivity index (χ3v) is 5.55. The van der Waals surface area contributed by atoms with Crippen LogP contribution in [0.25, 0.3) is 10.1 Å². The second kappa shape index (κ2) is 9.61. The van der Waals surface area contributed by atoms with Gasteiger partial charge in [0.2, 0.25) is 5.91 Å². The molecule has 8 heteroatoms. The van der Waals surface area contributed by atoms with E-state index in [9.17, 15) is 14.4 Å². The Labute approximate surface area is 184 Å². The number of rotatable bonds is 7. The molecule has 0 aliphatic carbocycles. The van der Waals surface area contributed by atoms with E-state index in [1.165, 1.54) is 18.3 Å². The first-order valence-electron chi connectivity index (χ1n) is 9.80. The number of amides is 2. The summed E-state index contributed by atoms with van der Waals surface area (Å²) in [4.78, 5) is 36.6. The first kappa shape index (κ1) is 22.3. The molecular weight excluding hydrogens is 416 g/mol. The molecule has 1 aromatic heterocycles. The van der Waals surface area contributed by atoms with E-state index in [-0.39, 0.29) is 30.6 Å². The number of anilines is 2. The second-order valence-corrected chi connectivity index (χ2v) is 8.02. The molecule has 0 saturated carbocycles. The summed E-state index contributed by atoms with van der Waals surface area (Å²) in [5.41, 5.74) is 2.82. The maximum atomic E-state index is 12.5. The van der Waals surface area contributed by atoms with Crippen molar-refractivity contribution >= 4 is 49.9 Å². The smallest absolute Gasteiger partial charge is 0.341 e. The van der Waals surface area contributed by atoms with Crippen molar-refractivity contribution in [1.29, 1.82) is 0 Å². The van der Waals surface area contributed by atoms with Gasteiger partial charge in [0.25, 0.3) is 5.91 Å². The number of hydrogen-bond donors (Lipinski definition) is 2. The van der Waals surface area contributed by atoms with Crippen LogP contribution < -0.4 is 15.4 Å². The average molecular weight is 441 g/mol. The maximum Gasteiger partial charge on any atom is 0.341 e. The molecule has 0 atom stereocenters. The fourth-order valence-corrected chi connectivity index (χ4v) is 4.41. The Morgan fingerprint density at radius 3 is 2.52 bits per heavy atom. The maximum absolute atomic E-state index is 12.5. The SMILES string of the molecule is CCOC(=O)c1c(NC(C)=O)sc2c(OCC(=O)Nc3cccc(C)c3)c(C)ccc12. The van der Waals surface area contributed by atoms with Gasteiger partial charge in [-0.05, 0) is 44.0 Å². The Kier molecular flexibility index (Phi) is 6.91. The van der Waals surface area contributed by atoms with Gasteiger partial charge < -0.3 is 20.1 Å². The number of nitrogens with one attached hydrogen (secondary N) is 2. The summed E-state index contributed by atoms with van der Waals surface area (Å²) < 4.78 is 11.7. The van der Waals surface area contributed by atoms with Gasteiger partial charge in [0.15, 0.2) is 6.61 Å². The lowest BCUT2D eigenvalue weighted by Gasteiger charge is -2.11. The molecule has 3 aromatic rings. The predicted octanol–water partition coefficient (Wildman–Crippen LogP) is 4.67. The Bertz CT molecular complexity index is 1150. The fourth-order valence-electron chi connectivity index (χ4n) is 3.13. The van der Waals surface area contributed by atoms with Crippen LogP contribution in [0.3, 0.4) is 0 Å². The Balaban J connectivity index is 1.91. The number of aryl methyl sites for hydroxylation is 2. The van der Waals surface area contributed by atoms with Crippen LogP contribution in [-0.4, -0.2) is 31.0 Å².